The maximum Gasteiger partial charge on any atom is 0.266 e. The zero-order chi connectivity index (χ0) is 12.5. The predicted octanol–water partition coefficient (Wildman–Crippen LogP) is 1.32. The molecule has 0 atom stereocenters. The fourth-order valence-electron chi connectivity index (χ4n) is 1.88. The Balaban J connectivity index is 2.18. The molecule has 5 nitrogen and oxygen atoms in total. The van der Waals surface area contributed by atoms with E-state index in [1.807, 2.05) is 30.3 Å². The lowest BCUT2D eigenvalue weighted by molar-refractivity contribution is -0.113. The summed E-state index contributed by atoms with van der Waals surface area (Å²) in [6.45, 7) is 1.78. The van der Waals surface area contributed by atoms with Gasteiger partial charge in [-0.1, -0.05) is 30.3 Å². The SMILES string of the molecule is CC1=C2NC(=O)C=NC(c3ccccc3)=C2NO1. The largest absolute Gasteiger partial charge is 0.385 e. The van der Waals surface area contributed by atoms with E-state index in [0.717, 1.165) is 5.56 Å². The molecule has 5 heteroatoms. The zero-order valence-electron chi connectivity index (χ0n) is 9.73. The summed E-state index contributed by atoms with van der Waals surface area (Å²) in [6, 6.07) is 9.64. The number of benzene rings is 1. The third-order valence-corrected chi connectivity index (χ3v) is 2.75. The van der Waals surface area contributed by atoms with Crippen molar-refractivity contribution in [1.29, 1.82) is 0 Å². The smallest absolute Gasteiger partial charge is 0.266 e. The third kappa shape index (κ3) is 1.66. The molecule has 18 heavy (non-hydrogen) atoms. The van der Waals surface area contributed by atoms with Crippen molar-refractivity contribution in [1.82, 2.24) is 10.8 Å². The topological polar surface area (TPSA) is 62.7 Å². The Morgan fingerprint density at radius 1 is 1.17 bits per heavy atom. The molecule has 0 saturated carbocycles. The van der Waals surface area contributed by atoms with E-state index in [9.17, 15) is 4.79 Å². The maximum absolute atomic E-state index is 11.5. The molecule has 0 saturated heterocycles. The van der Waals surface area contributed by atoms with Gasteiger partial charge in [0, 0.05) is 5.56 Å². The second-order valence-electron chi connectivity index (χ2n) is 3.97. The van der Waals surface area contributed by atoms with Crippen molar-refractivity contribution >= 4 is 17.8 Å². The van der Waals surface area contributed by atoms with Gasteiger partial charge in [-0.05, 0) is 6.92 Å². The summed E-state index contributed by atoms with van der Waals surface area (Å²) < 4.78 is 0. The molecule has 2 heterocycles. The number of carbonyl (C=O) groups excluding carboxylic acids is 1. The number of nitrogens with zero attached hydrogens (tertiary/aromatic N) is 1. The molecular formula is C13H11N3O2. The van der Waals surface area contributed by atoms with E-state index in [1.165, 1.54) is 6.21 Å². The van der Waals surface area contributed by atoms with E-state index in [2.05, 4.69) is 15.8 Å². The first kappa shape index (κ1) is 10.6. The number of nitrogens with one attached hydrogen (secondary N) is 2. The number of hydrogen-bond acceptors (Lipinski definition) is 4. The van der Waals surface area contributed by atoms with Gasteiger partial charge >= 0.3 is 0 Å². The van der Waals surface area contributed by atoms with Crippen LogP contribution in [0.25, 0.3) is 5.70 Å². The van der Waals surface area contributed by atoms with Crippen LogP contribution >= 0.6 is 0 Å². The van der Waals surface area contributed by atoms with Gasteiger partial charge in [0.15, 0.2) is 5.76 Å². The Kier molecular flexibility index (Phi) is 2.37. The van der Waals surface area contributed by atoms with Crippen molar-refractivity contribution < 1.29 is 9.63 Å². The van der Waals surface area contributed by atoms with Gasteiger partial charge in [-0.2, -0.15) is 0 Å². The molecule has 0 spiro atoms. The number of hydroxylamine groups is 1. The molecule has 0 aromatic heterocycles. The van der Waals surface area contributed by atoms with Crippen molar-refractivity contribution in [2.45, 2.75) is 6.92 Å². The highest BCUT2D eigenvalue weighted by Gasteiger charge is 2.26. The predicted molar refractivity (Wildman–Crippen MR) is 66.9 cm³/mol. The molecule has 1 amide bonds. The van der Waals surface area contributed by atoms with Gasteiger partial charge in [0.1, 0.15) is 11.4 Å². The van der Waals surface area contributed by atoms with E-state index < -0.39 is 0 Å². The summed E-state index contributed by atoms with van der Waals surface area (Å²) in [4.78, 5) is 21.0. The maximum atomic E-state index is 11.5. The first-order valence-corrected chi connectivity index (χ1v) is 5.54. The van der Waals surface area contributed by atoms with Crippen LogP contribution in [0.5, 0.6) is 0 Å². The van der Waals surface area contributed by atoms with E-state index in [1.54, 1.807) is 6.92 Å². The lowest BCUT2D eigenvalue weighted by Gasteiger charge is -2.06. The molecule has 1 aromatic carbocycles. The average molecular weight is 241 g/mol. The van der Waals surface area contributed by atoms with Crippen LogP contribution in [0.2, 0.25) is 0 Å². The monoisotopic (exact) mass is 241 g/mol. The lowest BCUT2D eigenvalue weighted by atomic mass is 10.1. The third-order valence-electron chi connectivity index (χ3n) is 2.75. The number of allylic oxidation sites excluding steroid dienone is 1. The molecule has 1 aromatic rings. The Morgan fingerprint density at radius 3 is 2.72 bits per heavy atom. The Hall–Kier alpha value is -2.56. The van der Waals surface area contributed by atoms with Gasteiger partial charge in [0.2, 0.25) is 0 Å². The number of carbonyl (C=O) groups is 1. The molecule has 0 aliphatic carbocycles. The van der Waals surface area contributed by atoms with Crippen LogP contribution in [-0.4, -0.2) is 12.1 Å². The summed E-state index contributed by atoms with van der Waals surface area (Å²) in [5.74, 6) is 0.359. The van der Waals surface area contributed by atoms with Gasteiger partial charge in [0.05, 0.1) is 11.9 Å². The van der Waals surface area contributed by atoms with Crippen molar-refractivity contribution in [3.05, 3.63) is 53.0 Å². The van der Waals surface area contributed by atoms with Crippen LogP contribution in [0.3, 0.4) is 0 Å². The molecule has 90 valence electrons. The van der Waals surface area contributed by atoms with Gasteiger partial charge in [-0.3, -0.25) is 4.79 Å². The van der Waals surface area contributed by atoms with Crippen LogP contribution in [0.4, 0.5) is 0 Å². The Labute approximate surface area is 104 Å². The summed E-state index contributed by atoms with van der Waals surface area (Å²) in [5, 5.41) is 2.74. The Bertz CT molecular complexity index is 600. The molecule has 0 radical (unpaired) electrons. The highest BCUT2D eigenvalue weighted by molar-refractivity contribution is 6.28. The summed E-state index contributed by atoms with van der Waals surface area (Å²) >= 11 is 0. The molecule has 2 aliphatic rings. The van der Waals surface area contributed by atoms with E-state index in [4.69, 9.17) is 4.84 Å². The minimum Gasteiger partial charge on any atom is -0.385 e. The van der Waals surface area contributed by atoms with Crippen molar-refractivity contribution in [2.75, 3.05) is 0 Å². The molecule has 0 bridgehead atoms. The van der Waals surface area contributed by atoms with Crippen LogP contribution in [0, 0.1) is 0 Å². The number of rotatable bonds is 1. The van der Waals surface area contributed by atoms with Gasteiger partial charge in [-0.15, -0.1) is 0 Å². The number of aliphatic imine (C=N–C) groups is 1. The van der Waals surface area contributed by atoms with Gasteiger partial charge < -0.3 is 10.2 Å². The van der Waals surface area contributed by atoms with Crippen LogP contribution < -0.4 is 10.8 Å². The normalized spacial score (nSPS) is 17.9. The molecular weight excluding hydrogens is 230 g/mol. The fourth-order valence-corrected chi connectivity index (χ4v) is 1.88. The average Bonchev–Trinajstić information content (AvgIpc) is 2.65. The number of fused-ring (bicyclic) bond motifs is 1. The standard InChI is InChI=1S/C13H11N3O2/c1-8-11-13(16-18-8)12(14-7-10(17)15-11)9-5-3-2-4-6-9/h2-7,16H,1H3,(H,15,17). The van der Waals surface area contributed by atoms with Crippen molar-refractivity contribution in [3.63, 3.8) is 0 Å². The fraction of sp³-hybridized carbons (Fsp3) is 0.0769. The first-order valence-electron chi connectivity index (χ1n) is 5.54. The first-order chi connectivity index (χ1) is 8.75. The van der Waals surface area contributed by atoms with E-state index in [-0.39, 0.29) is 5.91 Å². The quantitative estimate of drug-likeness (QED) is 0.779. The number of amides is 1. The lowest BCUT2D eigenvalue weighted by Crippen LogP contribution is -2.24. The summed E-state index contributed by atoms with van der Waals surface area (Å²) in [6.07, 6.45) is 1.27. The van der Waals surface area contributed by atoms with Crippen molar-refractivity contribution in [2.24, 2.45) is 4.99 Å². The molecule has 2 aliphatic heterocycles. The van der Waals surface area contributed by atoms with Crippen LogP contribution in [0.1, 0.15) is 12.5 Å². The highest BCUT2D eigenvalue weighted by atomic mass is 16.7. The van der Waals surface area contributed by atoms with Crippen LogP contribution in [-0.2, 0) is 9.63 Å². The molecule has 2 N–H and O–H groups in total. The van der Waals surface area contributed by atoms with Gasteiger partial charge in [0.25, 0.3) is 5.91 Å². The minimum atomic E-state index is -0.264. The summed E-state index contributed by atoms with van der Waals surface area (Å²) in [5.41, 5.74) is 5.71. The second-order valence-corrected chi connectivity index (χ2v) is 3.97. The van der Waals surface area contributed by atoms with E-state index in [0.29, 0.717) is 22.9 Å². The van der Waals surface area contributed by atoms with Gasteiger partial charge in [-0.25, -0.2) is 10.5 Å². The Morgan fingerprint density at radius 2 is 1.94 bits per heavy atom. The van der Waals surface area contributed by atoms with E-state index >= 15 is 0 Å². The molecule has 0 fully saturated rings. The zero-order valence-corrected chi connectivity index (χ0v) is 9.73. The van der Waals surface area contributed by atoms with Crippen LogP contribution in [0.15, 0.2) is 52.5 Å². The number of hydrogen-bond donors (Lipinski definition) is 2. The second kappa shape index (κ2) is 4.03. The molecule has 3 rings (SSSR count). The molecule has 0 unspecified atom stereocenters. The van der Waals surface area contributed by atoms with Crippen molar-refractivity contribution in [3.8, 4) is 0 Å². The minimum absolute atomic E-state index is 0.264. The highest BCUT2D eigenvalue weighted by Crippen LogP contribution is 2.28. The summed E-state index contributed by atoms with van der Waals surface area (Å²) in [7, 11) is 0.